The summed E-state index contributed by atoms with van der Waals surface area (Å²) >= 11 is 0. The number of nitrogens with zero attached hydrogens (tertiary/aromatic N) is 2. The molecule has 5 heteroatoms. The number of aromatic nitrogens is 1. The smallest absolute Gasteiger partial charge is 0.255 e. The van der Waals surface area contributed by atoms with Gasteiger partial charge in [0.1, 0.15) is 0 Å². The van der Waals surface area contributed by atoms with Crippen molar-refractivity contribution in [3.05, 3.63) is 53.3 Å². The van der Waals surface area contributed by atoms with Crippen LogP contribution in [0.25, 0.3) is 5.69 Å². The second kappa shape index (κ2) is 8.01. The third kappa shape index (κ3) is 3.70. The number of nitrogens with one attached hydrogen (secondary N) is 1. The van der Waals surface area contributed by atoms with E-state index < -0.39 is 0 Å². The molecule has 4 nitrogen and oxygen atoms in total. The molecule has 0 saturated carbocycles. The molecule has 0 fully saturated rings. The van der Waals surface area contributed by atoms with Gasteiger partial charge in [-0.15, -0.1) is 12.4 Å². The number of hydrogen-bond acceptors (Lipinski definition) is 2. The van der Waals surface area contributed by atoms with Gasteiger partial charge in [-0.3, -0.25) is 4.79 Å². The van der Waals surface area contributed by atoms with Crippen molar-refractivity contribution in [2.24, 2.45) is 0 Å². The van der Waals surface area contributed by atoms with Crippen LogP contribution in [0.3, 0.4) is 0 Å². The Morgan fingerprint density at radius 3 is 2.45 bits per heavy atom. The minimum atomic E-state index is 0. The predicted molar refractivity (Wildman–Crippen MR) is 93.4 cm³/mol. The summed E-state index contributed by atoms with van der Waals surface area (Å²) in [7, 11) is 3.73. The average Bonchev–Trinajstić information content (AvgIpc) is 2.79. The maximum Gasteiger partial charge on any atom is 0.255 e. The van der Waals surface area contributed by atoms with Crippen molar-refractivity contribution in [2.45, 2.75) is 13.8 Å². The zero-order valence-electron chi connectivity index (χ0n) is 13.6. The van der Waals surface area contributed by atoms with Gasteiger partial charge in [-0.25, -0.2) is 0 Å². The highest BCUT2D eigenvalue weighted by Crippen LogP contribution is 2.21. The van der Waals surface area contributed by atoms with Crippen LogP contribution in [0.5, 0.6) is 0 Å². The van der Waals surface area contributed by atoms with Crippen molar-refractivity contribution in [2.75, 3.05) is 27.2 Å². The Hall–Kier alpha value is -1.78. The molecule has 1 amide bonds. The average molecular weight is 322 g/mol. The van der Waals surface area contributed by atoms with Crippen LogP contribution in [0.4, 0.5) is 0 Å². The number of rotatable bonds is 5. The standard InChI is InChI=1S/C17H23N3O.ClH/c1-13-12-16(17(21)19(4)11-10-18-3)14(2)20(13)15-8-6-5-7-9-15;/h5-9,12,18H,10-11H2,1-4H3;1H. The number of benzene rings is 1. The van der Waals surface area contributed by atoms with Gasteiger partial charge < -0.3 is 14.8 Å². The lowest BCUT2D eigenvalue weighted by atomic mass is 10.2. The Morgan fingerprint density at radius 1 is 1.23 bits per heavy atom. The highest BCUT2D eigenvalue weighted by Gasteiger charge is 2.19. The summed E-state index contributed by atoms with van der Waals surface area (Å²) in [6, 6.07) is 12.1. The molecule has 1 N–H and O–H groups in total. The van der Waals surface area contributed by atoms with Crippen LogP contribution in [0.2, 0.25) is 0 Å². The molecule has 0 atom stereocenters. The first-order valence-electron chi connectivity index (χ1n) is 7.20. The van der Waals surface area contributed by atoms with Crippen LogP contribution in [0, 0.1) is 13.8 Å². The Balaban J connectivity index is 0.00000242. The first kappa shape index (κ1) is 18.3. The first-order valence-corrected chi connectivity index (χ1v) is 7.20. The van der Waals surface area contributed by atoms with Gasteiger partial charge in [0.15, 0.2) is 0 Å². The third-order valence-corrected chi connectivity index (χ3v) is 3.72. The van der Waals surface area contributed by atoms with Gasteiger partial charge in [0, 0.05) is 37.2 Å². The lowest BCUT2D eigenvalue weighted by Crippen LogP contribution is -2.33. The van der Waals surface area contributed by atoms with Crippen molar-refractivity contribution in [1.29, 1.82) is 0 Å². The lowest BCUT2D eigenvalue weighted by molar-refractivity contribution is 0.0796. The molecule has 1 aromatic heterocycles. The van der Waals surface area contributed by atoms with E-state index in [-0.39, 0.29) is 18.3 Å². The summed E-state index contributed by atoms with van der Waals surface area (Å²) in [5, 5.41) is 3.06. The molecule has 120 valence electrons. The zero-order valence-corrected chi connectivity index (χ0v) is 14.4. The summed E-state index contributed by atoms with van der Waals surface area (Å²) in [5.41, 5.74) is 3.92. The van der Waals surface area contributed by atoms with E-state index in [1.807, 2.05) is 52.2 Å². The lowest BCUT2D eigenvalue weighted by Gasteiger charge is -2.17. The molecule has 0 saturated heterocycles. The van der Waals surface area contributed by atoms with Gasteiger partial charge in [-0.05, 0) is 39.1 Å². The summed E-state index contributed by atoms with van der Waals surface area (Å²) < 4.78 is 2.12. The van der Waals surface area contributed by atoms with Gasteiger partial charge in [0.05, 0.1) is 5.56 Å². The van der Waals surface area contributed by atoms with Gasteiger partial charge in [0.25, 0.3) is 5.91 Å². The third-order valence-electron chi connectivity index (χ3n) is 3.72. The maximum atomic E-state index is 12.6. The Bertz CT molecular complexity index is 622. The highest BCUT2D eigenvalue weighted by molar-refractivity contribution is 5.95. The number of amides is 1. The molecule has 1 aromatic carbocycles. The molecule has 0 aliphatic heterocycles. The van der Waals surface area contributed by atoms with Crippen LogP contribution >= 0.6 is 12.4 Å². The fourth-order valence-electron chi connectivity index (χ4n) is 2.54. The number of carbonyl (C=O) groups is 1. The van der Waals surface area contributed by atoms with Gasteiger partial charge in [0.2, 0.25) is 0 Å². The van der Waals surface area contributed by atoms with E-state index in [0.29, 0.717) is 6.54 Å². The summed E-state index contributed by atoms with van der Waals surface area (Å²) in [6.07, 6.45) is 0. The topological polar surface area (TPSA) is 37.3 Å². The maximum absolute atomic E-state index is 12.6. The molecule has 0 radical (unpaired) electrons. The van der Waals surface area contributed by atoms with E-state index in [9.17, 15) is 4.79 Å². The Morgan fingerprint density at radius 2 is 1.86 bits per heavy atom. The largest absolute Gasteiger partial charge is 0.340 e. The van der Waals surface area contributed by atoms with Crippen LogP contribution in [-0.2, 0) is 0 Å². The van der Waals surface area contributed by atoms with E-state index in [2.05, 4.69) is 22.0 Å². The van der Waals surface area contributed by atoms with Crippen LogP contribution < -0.4 is 5.32 Å². The van der Waals surface area contributed by atoms with Crippen LogP contribution in [-0.4, -0.2) is 42.6 Å². The van der Waals surface area contributed by atoms with E-state index in [1.165, 1.54) is 0 Å². The van der Waals surface area contributed by atoms with Gasteiger partial charge in [-0.2, -0.15) is 0 Å². The number of aryl methyl sites for hydroxylation is 1. The number of likely N-dealkylation sites (N-methyl/N-ethyl adjacent to an activating group) is 2. The number of para-hydroxylation sites is 1. The summed E-state index contributed by atoms with van der Waals surface area (Å²) in [6.45, 7) is 5.52. The van der Waals surface area contributed by atoms with Crippen molar-refractivity contribution >= 4 is 18.3 Å². The molecule has 0 aliphatic rings. The van der Waals surface area contributed by atoms with Crippen molar-refractivity contribution in [3.8, 4) is 5.69 Å². The van der Waals surface area contributed by atoms with E-state index >= 15 is 0 Å². The molecule has 0 spiro atoms. The molecule has 22 heavy (non-hydrogen) atoms. The molecule has 0 unspecified atom stereocenters. The second-order valence-corrected chi connectivity index (χ2v) is 5.29. The Labute approximate surface area is 138 Å². The van der Waals surface area contributed by atoms with Gasteiger partial charge >= 0.3 is 0 Å². The number of carbonyl (C=O) groups excluding carboxylic acids is 1. The monoisotopic (exact) mass is 321 g/mol. The summed E-state index contributed by atoms with van der Waals surface area (Å²) in [5.74, 6) is 0.0699. The molecular formula is C17H24ClN3O. The second-order valence-electron chi connectivity index (χ2n) is 5.29. The normalized spacial score (nSPS) is 10.2. The number of hydrogen-bond donors (Lipinski definition) is 1. The van der Waals surface area contributed by atoms with Crippen molar-refractivity contribution in [3.63, 3.8) is 0 Å². The zero-order chi connectivity index (χ0) is 15.4. The van der Waals surface area contributed by atoms with Gasteiger partial charge in [-0.1, -0.05) is 18.2 Å². The minimum absolute atomic E-state index is 0. The Kier molecular flexibility index (Phi) is 6.65. The highest BCUT2D eigenvalue weighted by atomic mass is 35.5. The van der Waals surface area contributed by atoms with E-state index in [4.69, 9.17) is 0 Å². The predicted octanol–water partition coefficient (Wildman–Crippen LogP) is 2.81. The molecule has 2 rings (SSSR count). The van der Waals surface area contributed by atoms with Crippen molar-refractivity contribution in [1.82, 2.24) is 14.8 Å². The number of halogens is 1. The SMILES string of the molecule is CNCCN(C)C(=O)c1cc(C)n(-c2ccccc2)c1C.Cl. The first-order chi connectivity index (χ1) is 10.1. The molecule has 0 bridgehead atoms. The molecule has 0 aliphatic carbocycles. The fraction of sp³-hybridized carbons (Fsp3) is 0.353. The van der Waals surface area contributed by atoms with Crippen LogP contribution in [0.15, 0.2) is 36.4 Å². The molecule has 2 aromatic rings. The van der Waals surface area contributed by atoms with Crippen LogP contribution in [0.1, 0.15) is 21.7 Å². The molecule has 1 heterocycles. The van der Waals surface area contributed by atoms with E-state index in [1.54, 1.807) is 4.90 Å². The summed E-state index contributed by atoms with van der Waals surface area (Å²) in [4.78, 5) is 14.3. The fourth-order valence-corrected chi connectivity index (χ4v) is 2.54. The van der Waals surface area contributed by atoms with Crippen molar-refractivity contribution < 1.29 is 4.79 Å². The quantitative estimate of drug-likeness (QED) is 0.919. The molecular weight excluding hydrogens is 298 g/mol. The van der Waals surface area contributed by atoms with E-state index in [0.717, 1.165) is 29.2 Å². The minimum Gasteiger partial charge on any atom is -0.340 e.